The Balaban J connectivity index is 2.30. The highest BCUT2D eigenvalue weighted by Crippen LogP contribution is 2.26. The molecule has 0 saturated heterocycles. The fourth-order valence-corrected chi connectivity index (χ4v) is 1.52. The molecule has 3 nitrogen and oxygen atoms in total. The molecule has 0 saturated carbocycles. The number of rotatable bonds is 2. The number of hydrogen-bond donors (Lipinski definition) is 0. The standard InChI is InChI=1S/C10H5BrClFN2O/c11-6-1-2-7(13)8(5-6)16-9-3-4-14-10(12)15-9/h1-5H. The van der Waals surface area contributed by atoms with Crippen LogP contribution in [-0.4, -0.2) is 9.97 Å². The summed E-state index contributed by atoms with van der Waals surface area (Å²) in [5.74, 6) is -0.209. The molecule has 82 valence electrons. The average molecular weight is 304 g/mol. The van der Waals surface area contributed by atoms with Gasteiger partial charge in [-0.1, -0.05) is 15.9 Å². The van der Waals surface area contributed by atoms with E-state index in [-0.39, 0.29) is 16.9 Å². The first kappa shape index (κ1) is 11.3. The van der Waals surface area contributed by atoms with Gasteiger partial charge in [0.05, 0.1) is 0 Å². The first-order valence-corrected chi connectivity index (χ1v) is 5.44. The second-order valence-corrected chi connectivity index (χ2v) is 4.09. The molecule has 0 bridgehead atoms. The van der Waals surface area contributed by atoms with E-state index in [1.807, 2.05) is 0 Å². The SMILES string of the molecule is Fc1ccc(Br)cc1Oc1ccnc(Cl)n1. The Kier molecular flexibility index (Phi) is 3.36. The van der Waals surface area contributed by atoms with Crippen LogP contribution in [0.25, 0.3) is 0 Å². The van der Waals surface area contributed by atoms with Gasteiger partial charge in [0.15, 0.2) is 11.6 Å². The zero-order chi connectivity index (χ0) is 11.5. The first-order valence-electron chi connectivity index (χ1n) is 4.26. The lowest BCUT2D eigenvalue weighted by Gasteiger charge is -2.05. The number of hydrogen-bond acceptors (Lipinski definition) is 3. The van der Waals surface area contributed by atoms with Gasteiger partial charge < -0.3 is 4.74 Å². The van der Waals surface area contributed by atoms with E-state index in [0.29, 0.717) is 4.47 Å². The van der Waals surface area contributed by atoms with Crippen LogP contribution >= 0.6 is 27.5 Å². The van der Waals surface area contributed by atoms with Crippen molar-refractivity contribution in [1.82, 2.24) is 9.97 Å². The molecule has 2 aromatic rings. The highest BCUT2D eigenvalue weighted by molar-refractivity contribution is 9.10. The molecule has 0 aliphatic rings. The molecule has 0 atom stereocenters. The van der Waals surface area contributed by atoms with Gasteiger partial charge in [-0.3, -0.25) is 0 Å². The maximum atomic E-state index is 13.3. The minimum Gasteiger partial charge on any atom is -0.436 e. The lowest BCUT2D eigenvalue weighted by Crippen LogP contribution is -1.92. The van der Waals surface area contributed by atoms with Gasteiger partial charge in [0.1, 0.15) is 0 Å². The van der Waals surface area contributed by atoms with Crippen molar-refractivity contribution < 1.29 is 9.13 Å². The molecule has 0 N–H and O–H groups in total. The van der Waals surface area contributed by atoms with Gasteiger partial charge >= 0.3 is 0 Å². The molecule has 6 heteroatoms. The molecule has 0 aliphatic heterocycles. The van der Waals surface area contributed by atoms with Crippen molar-refractivity contribution in [2.45, 2.75) is 0 Å². The summed E-state index contributed by atoms with van der Waals surface area (Å²) in [4.78, 5) is 7.48. The van der Waals surface area contributed by atoms with Gasteiger partial charge in [-0.25, -0.2) is 9.37 Å². The summed E-state index contributed by atoms with van der Waals surface area (Å²) < 4.78 is 19.3. The molecule has 0 spiro atoms. The van der Waals surface area contributed by atoms with Crippen molar-refractivity contribution in [3.63, 3.8) is 0 Å². The van der Waals surface area contributed by atoms with E-state index < -0.39 is 5.82 Å². The second kappa shape index (κ2) is 4.76. The third kappa shape index (κ3) is 2.68. The Morgan fingerprint density at radius 3 is 2.88 bits per heavy atom. The highest BCUT2D eigenvalue weighted by Gasteiger charge is 2.06. The van der Waals surface area contributed by atoms with Crippen LogP contribution in [0.5, 0.6) is 11.6 Å². The van der Waals surface area contributed by atoms with Gasteiger partial charge in [0.2, 0.25) is 11.2 Å². The first-order chi connectivity index (χ1) is 7.65. The van der Waals surface area contributed by atoms with Gasteiger partial charge in [-0.2, -0.15) is 4.98 Å². The van der Waals surface area contributed by atoms with E-state index in [1.54, 1.807) is 6.07 Å². The van der Waals surface area contributed by atoms with E-state index in [2.05, 4.69) is 25.9 Å². The van der Waals surface area contributed by atoms with Crippen molar-refractivity contribution in [1.29, 1.82) is 0 Å². The predicted octanol–water partition coefficient (Wildman–Crippen LogP) is 3.82. The van der Waals surface area contributed by atoms with E-state index in [1.165, 1.54) is 24.4 Å². The molecule has 0 fully saturated rings. The number of halogens is 3. The third-order valence-electron chi connectivity index (χ3n) is 1.71. The van der Waals surface area contributed by atoms with Crippen LogP contribution in [0, 0.1) is 5.82 Å². The van der Waals surface area contributed by atoms with Gasteiger partial charge in [-0.05, 0) is 29.8 Å². The van der Waals surface area contributed by atoms with Crippen molar-refractivity contribution >= 4 is 27.5 Å². The van der Waals surface area contributed by atoms with Crippen molar-refractivity contribution in [3.05, 3.63) is 46.0 Å². The van der Waals surface area contributed by atoms with Gasteiger partial charge in [0.25, 0.3) is 0 Å². The highest BCUT2D eigenvalue weighted by atomic mass is 79.9. The number of nitrogens with zero attached hydrogens (tertiary/aromatic N) is 2. The summed E-state index contributed by atoms with van der Waals surface area (Å²) in [6.07, 6.45) is 1.43. The summed E-state index contributed by atoms with van der Waals surface area (Å²) in [5.41, 5.74) is 0. The quantitative estimate of drug-likeness (QED) is 0.791. The van der Waals surface area contributed by atoms with E-state index in [4.69, 9.17) is 16.3 Å². The zero-order valence-electron chi connectivity index (χ0n) is 7.82. The monoisotopic (exact) mass is 302 g/mol. The topological polar surface area (TPSA) is 35.0 Å². The fraction of sp³-hybridized carbons (Fsp3) is 0. The van der Waals surface area contributed by atoms with Crippen LogP contribution in [0.15, 0.2) is 34.9 Å². The van der Waals surface area contributed by atoms with Crippen LogP contribution in [0.4, 0.5) is 4.39 Å². The molecular weight excluding hydrogens is 298 g/mol. The molecular formula is C10H5BrClFN2O. The second-order valence-electron chi connectivity index (χ2n) is 2.84. The third-order valence-corrected chi connectivity index (χ3v) is 2.38. The number of aromatic nitrogens is 2. The van der Waals surface area contributed by atoms with Gasteiger partial charge in [0, 0.05) is 16.7 Å². The van der Waals surface area contributed by atoms with E-state index >= 15 is 0 Å². The molecule has 0 radical (unpaired) electrons. The van der Waals surface area contributed by atoms with Gasteiger partial charge in [-0.15, -0.1) is 0 Å². The van der Waals surface area contributed by atoms with Crippen LogP contribution in [0.2, 0.25) is 5.28 Å². The van der Waals surface area contributed by atoms with Crippen LogP contribution in [-0.2, 0) is 0 Å². The Labute approximate surface area is 104 Å². The maximum Gasteiger partial charge on any atom is 0.225 e. The summed E-state index contributed by atoms with van der Waals surface area (Å²) >= 11 is 8.80. The summed E-state index contributed by atoms with van der Waals surface area (Å²) in [6.45, 7) is 0. The molecule has 1 heterocycles. The Hall–Kier alpha value is -1.20. The Morgan fingerprint density at radius 2 is 2.12 bits per heavy atom. The molecule has 0 amide bonds. The smallest absolute Gasteiger partial charge is 0.225 e. The van der Waals surface area contributed by atoms with Crippen LogP contribution in [0.3, 0.4) is 0 Å². The molecule has 1 aromatic heterocycles. The minimum absolute atomic E-state index is 0.0490. The molecule has 16 heavy (non-hydrogen) atoms. The summed E-state index contributed by atoms with van der Waals surface area (Å²) in [7, 11) is 0. The van der Waals surface area contributed by atoms with Crippen molar-refractivity contribution in [2.75, 3.05) is 0 Å². The van der Waals surface area contributed by atoms with E-state index in [0.717, 1.165) is 0 Å². The van der Waals surface area contributed by atoms with Crippen LogP contribution in [0.1, 0.15) is 0 Å². The van der Waals surface area contributed by atoms with Crippen LogP contribution < -0.4 is 4.74 Å². The Bertz CT molecular complexity index is 524. The average Bonchev–Trinajstić information content (AvgIpc) is 2.24. The molecule has 0 unspecified atom stereocenters. The van der Waals surface area contributed by atoms with Crippen molar-refractivity contribution in [2.24, 2.45) is 0 Å². The maximum absolute atomic E-state index is 13.3. The zero-order valence-corrected chi connectivity index (χ0v) is 10.2. The lowest BCUT2D eigenvalue weighted by atomic mass is 10.3. The molecule has 1 aromatic carbocycles. The lowest BCUT2D eigenvalue weighted by molar-refractivity contribution is 0.426. The minimum atomic E-state index is -0.474. The molecule has 0 aliphatic carbocycles. The molecule has 2 rings (SSSR count). The summed E-state index contributed by atoms with van der Waals surface area (Å²) in [6, 6.07) is 5.87. The Morgan fingerprint density at radius 1 is 1.31 bits per heavy atom. The fourth-order valence-electron chi connectivity index (χ4n) is 1.04. The largest absolute Gasteiger partial charge is 0.436 e. The summed E-state index contributed by atoms with van der Waals surface area (Å²) in [5, 5.41) is 0.0490. The van der Waals surface area contributed by atoms with E-state index in [9.17, 15) is 4.39 Å². The predicted molar refractivity (Wildman–Crippen MR) is 61.2 cm³/mol. The number of benzene rings is 1. The van der Waals surface area contributed by atoms with Crippen molar-refractivity contribution in [3.8, 4) is 11.6 Å². The normalized spacial score (nSPS) is 10.2. The number of ether oxygens (including phenoxy) is 1.